The van der Waals surface area contributed by atoms with Gasteiger partial charge in [-0.25, -0.2) is 8.42 Å². The van der Waals surface area contributed by atoms with Gasteiger partial charge in [0.15, 0.2) is 0 Å². The molecule has 0 unspecified atom stereocenters. The molecule has 31 heavy (non-hydrogen) atoms. The number of aryl methyl sites for hydroxylation is 2. The maximum atomic E-state index is 13.4. The molecule has 1 aliphatic rings. The van der Waals surface area contributed by atoms with Gasteiger partial charge in [0.1, 0.15) is 0 Å². The van der Waals surface area contributed by atoms with Crippen molar-refractivity contribution in [2.45, 2.75) is 44.2 Å². The zero-order valence-electron chi connectivity index (χ0n) is 17.5. The van der Waals surface area contributed by atoms with Gasteiger partial charge in [0.2, 0.25) is 10.0 Å². The molecule has 1 saturated heterocycles. The molecule has 1 N–H and O–H groups in total. The molecule has 1 fully saturated rings. The number of rotatable bonds is 6. The first-order valence-corrected chi connectivity index (χ1v) is 12.1. The lowest BCUT2D eigenvalue weighted by Crippen LogP contribution is -2.38. The molecule has 2 heterocycles. The van der Waals surface area contributed by atoms with E-state index in [2.05, 4.69) is 4.98 Å². The van der Waals surface area contributed by atoms with Crippen molar-refractivity contribution in [3.05, 3.63) is 74.5 Å². The van der Waals surface area contributed by atoms with E-state index in [4.69, 9.17) is 16.3 Å². The molecule has 0 aliphatic carbocycles. The Morgan fingerprint density at radius 2 is 1.84 bits per heavy atom. The standard InChI is InChI=1S/C23H25ClN2O4S/c1-15-10-17-12-18(23(27)25-22(17)11-16(15)2)13-26(14-20-4-3-9-30-20)31(28,29)21-7-5-19(24)6-8-21/h5-8,10-12,20H,3-4,9,13-14H2,1-2H3,(H,25,27)/t20-/m1/s1. The molecule has 0 radical (unpaired) electrons. The number of halogens is 1. The third kappa shape index (κ3) is 4.70. The predicted octanol–water partition coefficient (Wildman–Crippen LogP) is 4.17. The van der Waals surface area contributed by atoms with Gasteiger partial charge < -0.3 is 9.72 Å². The highest BCUT2D eigenvalue weighted by molar-refractivity contribution is 7.89. The topological polar surface area (TPSA) is 79.5 Å². The van der Waals surface area contributed by atoms with E-state index >= 15 is 0 Å². The van der Waals surface area contributed by atoms with Crippen molar-refractivity contribution in [3.63, 3.8) is 0 Å². The molecule has 0 saturated carbocycles. The lowest BCUT2D eigenvalue weighted by atomic mass is 10.0. The number of benzene rings is 2. The summed E-state index contributed by atoms with van der Waals surface area (Å²) >= 11 is 5.93. The molecule has 2 aromatic carbocycles. The number of fused-ring (bicyclic) bond motifs is 1. The van der Waals surface area contributed by atoms with Crippen LogP contribution in [0.1, 0.15) is 29.5 Å². The maximum Gasteiger partial charge on any atom is 0.252 e. The highest BCUT2D eigenvalue weighted by Gasteiger charge is 2.30. The zero-order chi connectivity index (χ0) is 22.2. The van der Waals surface area contributed by atoms with Crippen molar-refractivity contribution in [2.75, 3.05) is 13.2 Å². The highest BCUT2D eigenvalue weighted by atomic mass is 35.5. The van der Waals surface area contributed by atoms with Crippen LogP contribution in [0.3, 0.4) is 0 Å². The van der Waals surface area contributed by atoms with Gasteiger partial charge >= 0.3 is 0 Å². The molecular formula is C23H25ClN2O4S. The molecule has 1 aromatic heterocycles. The number of nitrogens with zero attached hydrogens (tertiary/aromatic N) is 1. The number of aromatic nitrogens is 1. The van der Waals surface area contributed by atoms with Crippen molar-refractivity contribution in [1.82, 2.24) is 9.29 Å². The third-order valence-corrected chi connectivity index (χ3v) is 7.84. The lowest BCUT2D eigenvalue weighted by molar-refractivity contribution is 0.0925. The van der Waals surface area contributed by atoms with Crippen LogP contribution in [0.15, 0.2) is 52.2 Å². The Hall–Kier alpha value is -2.19. The number of ether oxygens (including phenoxy) is 1. The average Bonchev–Trinajstić information content (AvgIpc) is 3.23. The summed E-state index contributed by atoms with van der Waals surface area (Å²) in [5.74, 6) is 0. The van der Waals surface area contributed by atoms with Crippen LogP contribution in [-0.4, -0.2) is 37.0 Å². The number of hydrogen-bond acceptors (Lipinski definition) is 4. The number of nitrogens with one attached hydrogen (secondary N) is 1. The molecule has 0 amide bonds. The third-order valence-electron chi connectivity index (χ3n) is 5.76. The molecule has 8 heteroatoms. The summed E-state index contributed by atoms with van der Waals surface area (Å²) in [6.45, 7) is 4.77. The molecule has 1 atom stereocenters. The van der Waals surface area contributed by atoms with Crippen molar-refractivity contribution < 1.29 is 13.2 Å². The second-order valence-electron chi connectivity index (χ2n) is 8.03. The van der Waals surface area contributed by atoms with E-state index in [1.54, 1.807) is 18.2 Å². The fourth-order valence-electron chi connectivity index (χ4n) is 3.85. The summed E-state index contributed by atoms with van der Waals surface area (Å²) in [4.78, 5) is 15.8. The van der Waals surface area contributed by atoms with Crippen LogP contribution < -0.4 is 5.56 Å². The number of pyridine rings is 1. The Morgan fingerprint density at radius 3 is 2.52 bits per heavy atom. The molecule has 0 bridgehead atoms. The Labute approximate surface area is 186 Å². The van der Waals surface area contributed by atoms with Gasteiger partial charge in [-0.05, 0) is 85.7 Å². The lowest BCUT2D eigenvalue weighted by Gasteiger charge is -2.25. The zero-order valence-corrected chi connectivity index (χ0v) is 19.1. The summed E-state index contributed by atoms with van der Waals surface area (Å²) in [5, 5.41) is 1.33. The second kappa shape index (κ2) is 8.74. The fraction of sp³-hybridized carbons (Fsp3) is 0.348. The summed E-state index contributed by atoms with van der Waals surface area (Å²) in [6.07, 6.45) is 1.50. The van der Waals surface area contributed by atoms with Crippen LogP contribution in [0, 0.1) is 13.8 Å². The van der Waals surface area contributed by atoms with Crippen molar-refractivity contribution in [3.8, 4) is 0 Å². The van der Waals surface area contributed by atoms with Crippen LogP contribution in [-0.2, 0) is 21.3 Å². The van der Waals surface area contributed by atoms with Crippen LogP contribution in [0.25, 0.3) is 10.9 Å². The smallest absolute Gasteiger partial charge is 0.252 e. The summed E-state index contributed by atoms with van der Waals surface area (Å²) in [7, 11) is -3.85. The van der Waals surface area contributed by atoms with Crippen molar-refractivity contribution >= 4 is 32.5 Å². The minimum absolute atomic E-state index is 0.0387. The van der Waals surface area contributed by atoms with Gasteiger partial charge in [0.05, 0.1) is 11.0 Å². The SMILES string of the molecule is Cc1cc2cc(CN(C[C@H]3CCCO3)S(=O)(=O)c3ccc(Cl)cc3)c(=O)[nH]c2cc1C. The Balaban J connectivity index is 1.73. The molecule has 6 nitrogen and oxygen atoms in total. The first kappa shape index (κ1) is 22.0. The molecule has 0 spiro atoms. The van der Waals surface area contributed by atoms with E-state index in [0.29, 0.717) is 17.2 Å². The summed E-state index contributed by atoms with van der Waals surface area (Å²) in [6, 6.07) is 11.8. The summed E-state index contributed by atoms with van der Waals surface area (Å²) in [5.41, 5.74) is 3.03. The van der Waals surface area contributed by atoms with E-state index in [9.17, 15) is 13.2 Å². The van der Waals surface area contributed by atoms with Crippen LogP contribution in [0.2, 0.25) is 5.02 Å². The second-order valence-corrected chi connectivity index (χ2v) is 10.4. The minimum Gasteiger partial charge on any atom is -0.377 e. The van der Waals surface area contributed by atoms with Gasteiger partial charge in [-0.15, -0.1) is 0 Å². The Kier molecular flexibility index (Phi) is 6.21. The van der Waals surface area contributed by atoms with Crippen LogP contribution in [0.4, 0.5) is 0 Å². The number of aromatic amines is 1. The van der Waals surface area contributed by atoms with Gasteiger partial charge in [-0.3, -0.25) is 4.79 Å². The van der Waals surface area contributed by atoms with Gasteiger partial charge in [-0.2, -0.15) is 4.31 Å². The number of sulfonamides is 1. The molecule has 1 aliphatic heterocycles. The van der Waals surface area contributed by atoms with E-state index in [1.165, 1.54) is 16.4 Å². The Morgan fingerprint density at radius 1 is 1.13 bits per heavy atom. The largest absolute Gasteiger partial charge is 0.377 e. The molecule has 4 rings (SSSR count). The van der Waals surface area contributed by atoms with Crippen molar-refractivity contribution in [2.24, 2.45) is 0 Å². The van der Waals surface area contributed by atoms with Gasteiger partial charge in [-0.1, -0.05) is 11.6 Å². The average molecular weight is 461 g/mol. The normalized spacial score (nSPS) is 17.0. The molecular weight excluding hydrogens is 436 g/mol. The quantitative estimate of drug-likeness (QED) is 0.598. The monoisotopic (exact) mass is 460 g/mol. The van der Waals surface area contributed by atoms with Crippen molar-refractivity contribution in [1.29, 1.82) is 0 Å². The predicted molar refractivity (Wildman–Crippen MR) is 122 cm³/mol. The number of hydrogen-bond donors (Lipinski definition) is 1. The first-order chi connectivity index (χ1) is 14.7. The van der Waals surface area contributed by atoms with Crippen LogP contribution in [0.5, 0.6) is 0 Å². The van der Waals surface area contributed by atoms with Crippen LogP contribution >= 0.6 is 11.6 Å². The Bertz CT molecular complexity index is 1260. The molecule has 3 aromatic rings. The van der Waals surface area contributed by atoms with Gasteiger partial charge in [0, 0.05) is 35.8 Å². The first-order valence-electron chi connectivity index (χ1n) is 10.2. The van der Waals surface area contributed by atoms with E-state index in [0.717, 1.165) is 34.9 Å². The van der Waals surface area contributed by atoms with E-state index in [-0.39, 0.29) is 29.6 Å². The van der Waals surface area contributed by atoms with Gasteiger partial charge in [0.25, 0.3) is 5.56 Å². The van der Waals surface area contributed by atoms with E-state index < -0.39 is 10.0 Å². The maximum absolute atomic E-state index is 13.4. The summed E-state index contributed by atoms with van der Waals surface area (Å²) < 4.78 is 33.9. The highest BCUT2D eigenvalue weighted by Crippen LogP contribution is 2.24. The van der Waals surface area contributed by atoms with E-state index in [1.807, 2.05) is 26.0 Å². The fourth-order valence-corrected chi connectivity index (χ4v) is 5.42. The molecule has 164 valence electrons. The minimum atomic E-state index is -3.85. The number of H-pyrrole nitrogens is 1.